The van der Waals surface area contributed by atoms with Crippen molar-refractivity contribution in [1.29, 1.82) is 0 Å². The van der Waals surface area contributed by atoms with Crippen molar-refractivity contribution in [1.82, 2.24) is 0 Å². The minimum atomic E-state index is -0.238. The lowest BCUT2D eigenvalue weighted by Crippen LogP contribution is -2.09. The highest BCUT2D eigenvalue weighted by Gasteiger charge is 2.04. The summed E-state index contributed by atoms with van der Waals surface area (Å²) >= 11 is 0. The Bertz CT molecular complexity index is 175. The molecule has 0 radical (unpaired) electrons. The molecule has 0 aliphatic heterocycles. The van der Waals surface area contributed by atoms with Crippen molar-refractivity contribution in [3.63, 3.8) is 0 Å². The molecule has 1 atom stereocenters. The smallest absolute Gasteiger partial charge is 0.302 e. The van der Waals surface area contributed by atoms with Crippen LogP contribution in [0.1, 0.15) is 40.0 Å². The number of hydrogen-bond donors (Lipinski definition) is 0. The summed E-state index contributed by atoms with van der Waals surface area (Å²) in [5, 5.41) is 0. The van der Waals surface area contributed by atoms with Crippen LogP contribution < -0.4 is 0 Å². The minimum Gasteiger partial charge on any atom is -0.466 e. The highest BCUT2D eigenvalue weighted by atomic mass is 16.5. The average Bonchev–Trinajstić information content (AvgIpc) is 2.00. The van der Waals surface area contributed by atoms with Crippen LogP contribution in [-0.2, 0) is 14.3 Å². The highest BCUT2D eigenvalue weighted by Crippen LogP contribution is 2.08. The van der Waals surface area contributed by atoms with Gasteiger partial charge in [-0.3, -0.25) is 4.79 Å². The molecule has 0 fully saturated rings. The Labute approximate surface area is 79.5 Å². The number of Topliss-reactive ketones (excluding diaryl/α,β-unsaturated/α-hetero) is 1. The Morgan fingerprint density at radius 1 is 1.31 bits per heavy atom. The van der Waals surface area contributed by atoms with E-state index >= 15 is 0 Å². The second-order valence-corrected chi connectivity index (χ2v) is 3.50. The van der Waals surface area contributed by atoms with Crippen molar-refractivity contribution >= 4 is 11.8 Å². The second-order valence-electron chi connectivity index (χ2n) is 3.50. The number of esters is 1. The molecule has 0 heterocycles. The van der Waals surface area contributed by atoms with Crippen LogP contribution in [0.4, 0.5) is 0 Å². The third-order valence-electron chi connectivity index (χ3n) is 1.80. The fourth-order valence-electron chi connectivity index (χ4n) is 1.04. The molecule has 0 aliphatic rings. The molecule has 0 saturated carbocycles. The summed E-state index contributed by atoms with van der Waals surface area (Å²) in [6.07, 6.45) is 2.45. The first-order valence-electron chi connectivity index (χ1n) is 4.65. The van der Waals surface area contributed by atoms with Gasteiger partial charge in [-0.25, -0.2) is 0 Å². The first-order chi connectivity index (χ1) is 6.02. The summed E-state index contributed by atoms with van der Waals surface area (Å²) in [4.78, 5) is 21.1. The number of carbonyl (C=O) groups excluding carboxylic acids is 2. The van der Waals surface area contributed by atoms with Crippen LogP contribution in [0.5, 0.6) is 0 Å². The van der Waals surface area contributed by atoms with Crippen LogP contribution in [0, 0.1) is 5.92 Å². The molecule has 0 aliphatic carbocycles. The van der Waals surface area contributed by atoms with Crippen LogP contribution in [-0.4, -0.2) is 18.4 Å². The van der Waals surface area contributed by atoms with Gasteiger partial charge in [0.15, 0.2) is 0 Å². The lowest BCUT2D eigenvalue weighted by atomic mass is 10.0. The first kappa shape index (κ1) is 12.1. The lowest BCUT2D eigenvalue weighted by molar-refractivity contribution is -0.142. The molecular formula is C10H18O3. The summed E-state index contributed by atoms with van der Waals surface area (Å²) < 4.78 is 4.84. The van der Waals surface area contributed by atoms with Gasteiger partial charge in [0, 0.05) is 13.3 Å². The summed E-state index contributed by atoms with van der Waals surface area (Å²) in [6.45, 7) is 5.48. The molecule has 0 spiro atoms. The Hall–Kier alpha value is -0.860. The summed E-state index contributed by atoms with van der Waals surface area (Å²) in [7, 11) is 0. The average molecular weight is 186 g/mol. The predicted molar refractivity (Wildman–Crippen MR) is 50.3 cm³/mol. The van der Waals surface area contributed by atoms with E-state index in [2.05, 4.69) is 0 Å². The topological polar surface area (TPSA) is 43.4 Å². The minimum absolute atomic E-state index is 0.222. The maximum Gasteiger partial charge on any atom is 0.302 e. The van der Waals surface area contributed by atoms with E-state index in [9.17, 15) is 9.59 Å². The number of ether oxygens (including phenoxy) is 1. The number of ketones is 1. The van der Waals surface area contributed by atoms with Crippen molar-refractivity contribution in [2.45, 2.75) is 40.0 Å². The van der Waals surface area contributed by atoms with E-state index in [0.29, 0.717) is 18.9 Å². The van der Waals surface area contributed by atoms with Crippen LogP contribution in [0.3, 0.4) is 0 Å². The molecule has 0 unspecified atom stereocenters. The molecule has 0 aromatic rings. The molecule has 13 heavy (non-hydrogen) atoms. The van der Waals surface area contributed by atoms with Gasteiger partial charge >= 0.3 is 5.97 Å². The fraction of sp³-hybridized carbons (Fsp3) is 0.800. The van der Waals surface area contributed by atoms with Crippen molar-refractivity contribution in [3.05, 3.63) is 0 Å². The van der Waals surface area contributed by atoms with Crippen LogP contribution >= 0.6 is 0 Å². The normalized spacial score (nSPS) is 12.2. The molecule has 0 rings (SSSR count). The molecule has 0 N–H and O–H groups in total. The number of rotatable bonds is 6. The van der Waals surface area contributed by atoms with Gasteiger partial charge in [0.2, 0.25) is 0 Å². The van der Waals surface area contributed by atoms with E-state index in [0.717, 1.165) is 12.8 Å². The Morgan fingerprint density at radius 2 is 1.92 bits per heavy atom. The zero-order chi connectivity index (χ0) is 10.3. The van der Waals surface area contributed by atoms with Crippen molar-refractivity contribution in [3.8, 4) is 0 Å². The Kier molecular flexibility index (Phi) is 6.20. The van der Waals surface area contributed by atoms with Gasteiger partial charge in [-0.2, -0.15) is 0 Å². The first-order valence-corrected chi connectivity index (χ1v) is 4.65. The predicted octanol–water partition coefficient (Wildman–Crippen LogP) is 1.94. The van der Waals surface area contributed by atoms with Crippen molar-refractivity contribution in [2.75, 3.05) is 6.61 Å². The van der Waals surface area contributed by atoms with Gasteiger partial charge in [0.25, 0.3) is 0 Å². The van der Waals surface area contributed by atoms with Gasteiger partial charge in [-0.05, 0) is 25.7 Å². The summed E-state index contributed by atoms with van der Waals surface area (Å²) in [5.74, 6) is 0.335. The molecule has 0 amide bonds. The highest BCUT2D eigenvalue weighted by molar-refractivity contribution is 5.75. The lowest BCUT2D eigenvalue weighted by Gasteiger charge is -2.09. The van der Waals surface area contributed by atoms with Crippen molar-refractivity contribution < 1.29 is 14.3 Å². The molecule has 76 valence electrons. The van der Waals surface area contributed by atoms with Gasteiger partial charge in [-0.1, -0.05) is 6.92 Å². The zero-order valence-electron chi connectivity index (χ0n) is 8.63. The molecule has 0 bridgehead atoms. The quantitative estimate of drug-likeness (QED) is 0.595. The number of hydrogen-bond acceptors (Lipinski definition) is 3. The Balaban J connectivity index is 3.35. The standard InChI is InChI=1S/C10H18O3/c1-8(7-13-10(3)12)5-4-6-9(2)11/h8H,4-7H2,1-3H3/t8-/m0/s1. The third-order valence-corrected chi connectivity index (χ3v) is 1.80. The molecular weight excluding hydrogens is 168 g/mol. The Morgan fingerprint density at radius 3 is 2.38 bits per heavy atom. The van der Waals surface area contributed by atoms with E-state index in [1.807, 2.05) is 6.92 Å². The SMILES string of the molecule is CC(=O)CCC[C@H](C)COC(C)=O. The molecule has 3 nitrogen and oxygen atoms in total. The maximum absolute atomic E-state index is 10.6. The van der Waals surface area contributed by atoms with Gasteiger partial charge in [0.1, 0.15) is 5.78 Å². The van der Waals surface area contributed by atoms with E-state index < -0.39 is 0 Å². The molecule has 0 aromatic carbocycles. The molecule has 0 saturated heterocycles. The summed E-state index contributed by atoms with van der Waals surface area (Å²) in [5.41, 5.74) is 0. The van der Waals surface area contributed by atoms with E-state index in [1.165, 1.54) is 6.92 Å². The van der Waals surface area contributed by atoms with Crippen LogP contribution in [0.15, 0.2) is 0 Å². The van der Waals surface area contributed by atoms with E-state index in [4.69, 9.17) is 4.74 Å². The van der Waals surface area contributed by atoms with Gasteiger partial charge in [0.05, 0.1) is 6.61 Å². The van der Waals surface area contributed by atoms with Gasteiger partial charge in [-0.15, -0.1) is 0 Å². The van der Waals surface area contributed by atoms with Crippen LogP contribution in [0.2, 0.25) is 0 Å². The molecule has 0 aromatic heterocycles. The third kappa shape index (κ3) is 9.05. The van der Waals surface area contributed by atoms with E-state index in [-0.39, 0.29) is 11.8 Å². The monoisotopic (exact) mass is 186 g/mol. The van der Waals surface area contributed by atoms with Crippen molar-refractivity contribution in [2.24, 2.45) is 5.92 Å². The van der Waals surface area contributed by atoms with E-state index in [1.54, 1.807) is 6.92 Å². The molecule has 3 heteroatoms. The number of carbonyl (C=O) groups is 2. The van der Waals surface area contributed by atoms with Gasteiger partial charge < -0.3 is 9.53 Å². The largest absolute Gasteiger partial charge is 0.466 e. The van der Waals surface area contributed by atoms with Crippen LogP contribution in [0.25, 0.3) is 0 Å². The fourth-order valence-corrected chi connectivity index (χ4v) is 1.04. The second kappa shape index (κ2) is 6.63. The maximum atomic E-state index is 10.6. The summed E-state index contributed by atoms with van der Waals surface area (Å²) in [6, 6.07) is 0. The zero-order valence-corrected chi connectivity index (χ0v) is 8.63.